The Kier molecular flexibility index (Phi) is 3.77. The zero-order chi connectivity index (χ0) is 12.1. The van der Waals surface area contributed by atoms with Crippen molar-refractivity contribution in [3.8, 4) is 0 Å². The van der Waals surface area contributed by atoms with E-state index in [1.54, 1.807) is 18.7 Å². The zero-order valence-corrected chi connectivity index (χ0v) is 9.82. The minimum atomic E-state index is -0.143. The van der Waals surface area contributed by atoms with E-state index in [9.17, 15) is 0 Å². The molecule has 0 aliphatic rings. The predicted molar refractivity (Wildman–Crippen MR) is 63.0 cm³/mol. The van der Waals surface area contributed by atoms with Crippen molar-refractivity contribution in [1.29, 1.82) is 0 Å². The normalized spacial score (nSPS) is 12.6. The fourth-order valence-electron chi connectivity index (χ4n) is 1.66. The number of nitrogens with two attached hydrogens (primary N) is 1. The van der Waals surface area contributed by atoms with Gasteiger partial charge in [0.15, 0.2) is 0 Å². The standard InChI is InChI=1S/C11H16N6/c1-2-3-17-11(15-8-16-17)4-10(12)9-5-13-7-14-6-9/h5-8,10H,2-4,12H2,1H3. The summed E-state index contributed by atoms with van der Waals surface area (Å²) in [5.41, 5.74) is 7.01. The first kappa shape index (κ1) is 11.7. The summed E-state index contributed by atoms with van der Waals surface area (Å²) in [4.78, 5) is 12.2. The molecular formula is C11H16N6. The molecule has 17 heavy (non-hydrogen) atoms. The molecule has 2 heterocycles. The van der Waals surface area contributed by atoms with E-state index >= 15 is 0 Å². The van der Waals surface area contributed by atoms with E-state index in [4.69, 9.17) is 5.73 Å². The lowest BCUT2D eigenvalue weighted by Crippen LogP contribution is -2.17. The van der Waals surface area contributed by atoms with Gasteiger partial charge in [0.05, 0.1) is 0 Å². The van der Waals surface area contributed by atoms with Crippen LogP contribution in [0.25, 0.3) is 0 Å². The molecule has 2 rings (SSSR count). The van der Waals surface area contributed by atoms with Gasteiger partial charge in [0.1, 0.15) is 18.5 Å². The van der Waals surface area contributed by atoms with Crippen LogP contribution >= 0.6 is 0 Å². The van der Waals surface area contributed by atoms with Crippen LogP contribution in [0.3, 0.4) is 0 Å². The predicted octanol–water partition coefficient (Wildman–Crippen LogP) is 0.721. The molecule has 0 spiro atoms. The zero-order valence-electron chi connectivity index (χ0n) is 9.82. The minimum absolute atomic E-state index is 0.143. The smallest absolute Gasteiger partial charge is 0.138 e. The second-order valence-electron chi connectivity index (χ2n) is 3.88. The Labute approximate surface area is 99.9 Å². The maximum atomic E-state index is 6.09. The molecule has 0 fully saturated rings. The number of hydrogen-bond donors (Lipinski definition) is 1. The van der Waals surface area contributed by atoms with Gasteiger partial charge in [-0.3, -0.25) is 4.68 Å². The van der Waals surface area contributed by atoms with Gasteiger partial charge in [-0.05, 0) is 6.42 Å². The highest BCUT2D eigenvalue weighted by molar-refractivity contribution is 5.10. The van der Waals surface area contributed by atoms with Gasteiger partial charge < -0.3 is 5.73 Å². The summed E-state index contributed by atoms with van der Waals surface area (Å²) in [6.45, 7) is 2.98. The topological polar surface area (TPSA) is 82.5 Å². The Balaban J connectivity index is 2.08. The Bertz CT molecular complexity index is 452. The molecule has 0 saturated carbocycles. The SMILES string of the molecule is CCCn1ncnc1CC(N)c1cncnc1. The van der Waals surface area contributed by atoms with E-state index in [1.165, 1.54) is 6.33 Å². The van der Waals surface area contributed by atoms with Crippen molar-refractivity contribution in [2.45, 2.75) is 32.4 Å². The summed E-state index contributed by atoms with van der Waals surface area (Å²) in [7, 11) is 0. The third-order valence-electron chi connectivity index (χ3n) is 2.54. The number of rotatable bonds is 5. The molecule has 2 aromatic rings. The summed E-state index contributed by atoms with van der Waals surface area (Å²) in [6.07, 6.45) is 8.21. The van der Waals surface area contributed by atoms with Gasteiger partial charge in [0.2, 0.25) is 0 Å². The van der Waals surface area contributed by atoms with Crippen molar-refractivity contribution in [3.05, 3.63) is 36.4 Å². The molecule has 6 nitrogen and oxygen atoms in total. The van der Waals surface area contributed by atoms with Gasteiger partial charge in [-0.1, -0.05) is 6.92 Å². The third kappa shape index (κ3) is 2.85. The number of aromatic nitrogens is 5. The molecule has 1 unspecified atom stereocenters. The molecule has 2 aromatic heterocycles. The molecule has 0 amide bonds. The summed E-state index contributed by atoms with van der Waals surface area (Å²) >= 11 is 0. The highest BCUT2D eigenvalue weighted by Gasteiger charge is 2.12. The maximum Gasteiger partial charge on any atom is 0.138 e. The molecular weight excluding hydrogens is 216 g/mol. The lowest BCUT2D eigenvalue weighted by Gasteiger charge is -2.11. The number of hydrogen-bond acceptors (Lipinski definition) is 5. The molecule has 0 aliphatic carbocycles. The Morgan fingerprint density at radius 1 is 1.29 bits per heavy atom. The van der Waals surface area contributed by atoms with Crippen LogP contribution in [0.15, 0.2) is 25.0 Å². The fourth-order valence-corrected chi connectivity index (χ4v) is 1.66. The largest absolute Gasteiger partial charge is 0.323 e. The molecule has 0 bridgehead atoms. The molecule has 2 N–H and O–H groups in total. The van der Waals surface area contributed by atoms with Gasteiger partial charge in [-0.15, -0.1) is 0 Å². The van der Waals surface area contributed by atoms with Crippen molar-refractivity contribution in [3.63, 3.8) is 0 Å². The average molecular weight is 232 g/mol. The van der Waals surface area contributed by atoms with Crippen molar-refractivity contribution in [1.82, 2.24) is 24.7 Å². The number of aryl methyl sites for hydroxylation is 1. The van der Waals surface area contributed by atoms with Gasteiger partial charge >= 0.3 is 0 Å². The van der Waals surface area contributed by atoms with E-state index in [0.29, 0.717) is 6.42 Å². The molecule has 6 heteroatoms. The minimum Gasteiger partial charge on any atom is -0.323 e. The van der Waals surface area contributed by atoms with Crippen LogP contribution in [0.5, 0.6) is 0 Å². The average Bonchev–Trinajstić information content (AvgIpc) is 2.78. The molecule has 0 saturated heterocycles. The lowest BCUT2D eigenvalue weighted by molar-refractivity contribution is 0.547. The monoisotopic (exact) mass is 232 g/mol. The summed E-state index contributed by atoms with van der Waals surface area (Å²) in [5, 5.41) is 4.17. The first-order chi connectivity index (χ1) is 8.31. The van der Waals surface area contributed by atoms with Crippen LogP contribution in [0.2, 0.25) is 0 Å². The second-order valence-corrected chi connectivity index (χ2v) is 3.88. The Morgan fingerprint density at radius 3 is 2.76 bits per heavy atom. The molecule has 0 aliphatic heterocycles. The van der Waals surface area contributed by atoms with Crippen molar-refractivity contribution in [2.75, 3.05) is 0 Å². The van der Waals surface area contributed by atoms with Crippen LogP contribution < -0.4 is 5.73 Å². The maximum absolute atomic E-state index is 6.09. The molecule has 0 radical (unpaired) electrons. The van der Waals surface area contributed by atoms with Crippen LogP contribution in [0, 0.1) is 0 Å². The van der Waals surface area contributed by atoms with E-state index in [1.807, 2.05) is 4.68 Å². The summed E-state index contributed by atoms with van der Waals surface area (Å²) < 4.78 is 1.89. The van der Waals surface area contributed by atoms with Crippen molar-refractivity contribution < 1.29 is 0 Å². The lowest BCUT2D eigenvalue weighted by atomic mass is 10.1. The van der Waals surface area contributed by atoms with Crippen LogP contribution in [-0.4, -0.2) is 24.7 Å². The Hall–Kier alpha value is -1.82. The van der Waals surface area contributed by atoms with E-state index in [2.05, 4.69) is 27.0 Å². The number of nitrogens with zero attached hydrogens (tertiary/aromatic N) is 5. The highest BCUT2D eigenvalue weighted by atomic mass is 15.3. The first-order valence-corrected chi connectivity index (χ1v) is 5.68. The van der Waals surface area contributed by atoms with Crippen LogP contribution in [0.4, 0.5) is 0 Å². The quantitative estimate of drug-likeness (QED) is 0.821. The van der Waals surface area contributed by atoms with Crippen molar-refractivity contribution >= 4 is 0 Å². The third-order valence-corrected chi connectivity index (χ3v) is 2.54. The molecule has 1 atom stereocenters. The summed E-state index contributed by atoms with van der Waals surface area (Å²) in [5.74, 6) is 0.906. The van der Waals surface area contributed by atoms with E-state index < -0.39 is 0 Å². The second kappa shape index (κ2) is 5.49. The fraction of sp³-hybridized carbons (Fsp3) is 0.455. The van der Waals surface area contributed by atoms with Gasteiger partial charge in [0.25, 0.3) is 0 Å². The van der Waals surface area contributed by atoms with Crippen molar-refractivity contribution in [2.24, 2.45) is 5.73 Å². The Morgan fingerprint density at radius 2 is 2.06 bits per heavy atom. The highest BCUT2D eigenvalue weighted by Crippen LogP contribution is 2.12. The van der Waals surface area contributed by atoms with Gasteiger partial charge in [-0.25, -0.2) is 15.0 Å². The summed E-state index contributed by atoms with van der Waals surface area (Å²) in [6, 6.07) is -0.143. The van der Waals surface area contributed by atoms with Gasteiger partial charge in [0, 0.05) is 37.0 Å². The van der Waals surface area contributed by atoms with Gasteiger partial charge in [-0.2, -0.15) is 5.10 Å². The molecule has 0 aromatic carbocycles. The van der Waals surface area contributed by atoms with Crippen LogP contribution in [-0.2, 0) is 13.0 Å². The molecule has 90 valence electrons. The first-order valence-electron chi connectivity index (χ1n) is 5.68. The van der Waals surface area contributed by atoms with E-state index in [-0.39, 0.29) is 6.04 Å². The van der Waals surface area contributed by atoms with E-state index in [0.717, 1.165) is 24.4 Å². The van der Waals surface area contributed by atoms with Crippen LogP contribution in [0.1, 0.15) is 30.8 Å².